The first kappa shape index (κ1) is 20.4. The molecule has 2 aromatic rings. The number of Topliss-reactive ketones (excluding diaryl/α,β-unsaturated/α-hetero) is 2. The van der Waals surface area contributed by atoms with Crippen LogP contribution in [0.15, 0.2) is 73.3 Å². The van der Waals surface area contributed by atoms with Crippen LogP contribution >= 0.6 is 0 Å². The minimum atomic E-state index is -0.488. The first-order valence-corrected chi connectivity index (χ1v) is 8.84. The van der Waals surface area contributed by atoms with Gasteiger partial charge in [-0.2, -0.15) is 0 Å². The zero-order valence-corrected chi connectivity index (χ0v) is 15.8. The molecular formula is C24H24O3. The Kier molecular flexibility index (Phi) is 7.28. The normalized spacial score (nSPS) is 11.8. The lowest BCUT2D eigenvalue weighted by molar-refractivity contribution is -0.117. The van der Waals surface area contributed by atoms with E-state index in [0.717, 1.165) is 5.56 Å². The molecule has 0 fully saturated rings. The Labute approximate surface area is 161 Å². The summed E-state index contributed by atoms with van der Waals surface area (Å²) in [5.74, 6) is 4.24. The van der Waals surface area contributed by atoms with Crippen molar-refractivity contribution in [2.75, 3.05) is 0 Å². The maximum Gasteiger partial charge on any atom is 0.236 e. The van der Waals surface area contributed by atoms with E-state index in [4.69, 9.17) is 4.74 Å². The van der Waals surface area contributed by atoms with Crippen LogP contribution in [0.4, 0.5) is 0 Å². The summed E-state index contributed by atoms with van der Waals surface area (Å²) in [5, 5.41) is 0. The van der Waals surface area contributed by atoms with E-state index >= 15 is 0 Å². The van der Waals surface area contributed by atoms with E-state index in [1.54, 1.807) is 30.3 Å². The Bertz CT molecular complexity index is 839. The first-order chi connectivity index (χ1) is 12.9. The Morgan fingerprint density at radius 3 is 2.22 bits per heavy atom. The summed E-state index contributed by atoms with van der Waals surface area (Å²) in [6.45, 7) is 8.14. The van der Waals surface area contributed by atoms with E-state index in [1.807, 2.05) is 50.2 Å². The largest absolute Gasteiger partial charge is 0.369 e. The summed E-state index contributed by atoms with van der Waals surface area (Å²) >= 11 is 0. The van der Waals surface area contributed by atoms with Crippen LogP contribution in [0.2, 0.25) is 0 Å². The first-order valence-electron chi connectivity index (χ1n) is 8.84. The van der Waals surface area contributed by atoms with Gasteiger partial charge in [0.1, 0.15) is 0 Å². The molecule has 0 radical (unpaired) electrons. The second-order valence-electron chi connectivity index (χ2n) is 6.99. The van der Waals surface area contributed by atoms with Crippen molar-refractivity contribution in [2.24, 2.45) is 5.41 Å². The van der Waals surface area contributed by atoms with E-state index < -0.39 is 5.41 Å². The summed E-state index contributed by atoms with van der Waals surface area (Å²) in [4.78, 5) is 24.3. The fourth-order valence-corrected chi connectivity index (χ4v) is 2.72. The van der Waals surface area contributed by atoms with Crippen molar-refractivity contribution in [1.29, 1.82) is 0 Å². The maximum atomic E-state index is 12.3. The van der Waals surface area contributed by atoms with Crippen LogP contribution < -0.4 is 0 Å². The van der Waals surface area contributed by atoms with Gasteiger partial charge in [0.05, 0.1) is 12.7 Å². The summed E-state index contributed by atoms with van der Waals surface area (Å²) in [6.07, 6.45) is 1.57. The maximum absolute atomic E-state index is 12.3. The second-order valence-corrected chi connectivity index (χ2v) is 6.99. The Balaban J connectivity index is 1.96. The van der Waals surface area contributed by atoms with Gasteiger partial charge >= 0.3 is 0 Å². The zero-order chi connectivity index (χ0) is 19.7. The van der Waals surface area contributed by atoms with E-state index in [9.17, 15) is 9.59 Å². The third kappa shape index (κ3) is 6.36. The van der Waals surface area contributed by atoms with Gasteiger partial charge in [-0.15, -0.1) is 6.58 Å². The lowest BCUT2D eigenvalue weighted by Gasteiger charge is -2.31. The molecule has 27 heavy (non-hydrogen) atoms. The number of rotatable bonds is 8. The number of carbonyl (C=O) groups is 2. The molecule has 0 unspecified atom stereocenters. The predicted octanol–water partition coefficient (Wildman–Crippen LogP) is 4.63. The molecule has 138 valence electrons. The smallest absolute Gasteiger partial charge is 0.236 e. The number of ether oxygens (including phenoxy) is 1. The highest BCUT2D eigenvalue weighted by Crippen LogP contribution is 2.29. The van der Waals surface area contributed by atoms with Crippen molar-refractivity contribution in [2.45, 2.75) is 33.0 Å². The van der Waals surface area contributed by atoms with Crippen molar-refractivity contribution in [1.82, 2.24) is 0 Å². The van der Waals surface area contributed by atoms with E-state index in [-0.39, 0.29) is 24.1 Å². The summed E-state index contributed by atoms with van der Waals surface area (Å²) in [7, 11) is 0. The molecule has 0 aliphatic rings. The second kappa shape index (κ2) is 9.66. The molecule has 3 nitrogen and oxygen atoms in total. The molecule has 0 amide bonds. The lowest BCUT2D eigenvalue weighted by atomic mass is 9.81. The summed E-state index contributed by atoms with van der Waals surface area (Å²) < 4.78 is 5.95. The third-order valence-electron chi connectivity index (χ3n) is 4.22. The number of ketones is 2. The zero-order valence-electron chi connectivity index (χ0n) is 15.8. The van der Waals surface area contributed by atoms with Crippen molar-refractivity contribution in [3.8, 4) is 11.8 Å². The average molecular weight is 360 g/mol. The van der Waals surface area contributed by atoms with Gasteiger partial charge in [-0.05, 0) is 17.4 Å². The minimum Gasteiger partial charge on any atom is -0.369 e. The molecule has 1 atom stereocenters. The van der Waals surface area contributed by atoms with Gasteiger partial charge in [0.25, 0.3) is 0 Å². The summed E-state index contributed by atoms with van der Waals surface area (Å²) in [6, 6.07) is 18.5. The highest BCUT2D eigenvalue weighted by Gasteiger charge is 2.30. The number of hydrogen-bond acceptors (Lipinski definition) is 3. The van der Waals surface area contributed by atoms with E-state index in [0.29, 0.717) is 12.2 Å². The number of benzene rings is 2. The van der Waals surface area contributed by atoms with Gasteiger partial charge in [0, 0.05) is 17.4 Å². The van der Waals surface area contributed by atoms with Crippen LogP contribution in [-0.4, -0.2) is 17.7 Å². The van der Waals surface area contributed by atoms with Crippen LogP contribution in [0.1, 0.15) is 36.2 Å². The lowest BCUT2D eigenvalue weighted by Crippen LogP contribution is -2.32. The average Bonchev–Trinajstić information content (AvgIpc) is 2.67. The predicted molar refractivity (Wildman–Crippen MR) is 107 cm³/mol. The van der Waals surface area contributed by atoms with Gasteiger partial charge in [0.15, 0.2) is 0 Å². The molecule has 0 saturated heterocycles. The van der Waals surface area contributed by atoms with Crippen LogP contribution in [0.25, 0.3) is 0 Å². The molecule has 0 aromatic heterocycles. The van der Waals surface area contributed by atoms with Crippen LogP contribution in [-0.2, 0) is 16.1 Å². The van der Waals surface area contributed by atoms with Crippen molar-refractivity contribution in [3.05, 3.63) is 84.4 Å². The van der Waals surface area contributed by atoms with E-state index in [2.05, 4.69) is 18.4 Å². The Hall–Kier alpha value is -2.96. The molecule has 3 heteroatoms. The molecule has 2 rings (SSSR count). The Morgan fingerprint density at radius 2 is 1.63 bits per heavy atom. The number of hydrogen-bond donors (Lipinski definition) is 0. The van der Waals surface area contributed by atoms with Gasteiger partial charge in [0.2, 0.25) is 11.6 Å². The quantitative estimate of drug-likeness (QED) is 0.298. The summed E-state index contributed by atoms with van der Waals surface area (Å²) in [5.41, 5.74) is 1.05. The van der Waals surface area contributed by atoms with Crippen molar-refractivity contribution in [3.63, 3.8) is 0 Å². The fraction of sp³-hybridized carbons (Fsp3) is 0.250. The topological polar surface area (TPSA) is 43.4 Å². The minimum absolute atomic E-state index is 0.174. The molecule has 2 aromatic carbocycles. The highest BCUT2D eigenvalue weighted by molar-refractivity contribution is 6.12. The Morgan fingerprint density at radius 1 is 1.04 bits per heavy atom. The molecule has 0 N–H and O–H groups in total. The third-order valence-corrected chi connectivity index (χ3v) is 4.22. The molecule has 0 spiro atoms. The molecule has 0 bridgehead atoms. The molecular weight excluding hydrogens is 336 g/mol. The van der Waals surface area contributed by atoms with Crippen molar-refractivity contribution >= 4 is 11.6 Å². The fourth-order valence-electron chi connectivity index (χ4n) is 2.72. The van der Waals surface area contributed by atoms with Gasteiger partial charge in [-0.25, -0.2) is 0 Å². The van der Waals surface area contributed by atoms with Gasteiger partial charge in [-0.1, -0.05) is 80.6 Å². The van der Waals surface area contributed by atoms with Gasteiger partial charge < -0.3 is 4.74 Å². The molecule has 0 aliphatic carbocycles. The SMILES string of the molecule is C=C[C@H](OCc1ccccc1)C(C)(C)CC(=O)C#CC(=O)c1ccccc1. The highest BCUT2D eigenvalue weighted by atomic mass is 16.5. The van der Waals surface area contributed by atoms with Crippen LogP contribution in [0, 0.1) is 17.3 Å². The van der Waals surface area contributed by atoms with Crippen LogP contribution in [0.3, 0.4) is 0 Å². The molecule has 0 aliphatic heterocycles. The molecule has 0 saturated carbocycles. The van der Waals surface area contributed by atoms with Crippen molar-refractivity contribution < 1.29 is 14.3 Å². The van der Waals surface area contributed by atoms with Gasteiger partial charge in [-0.3, -0.25) is 9.59 Å². The van der Waals surface area contributed by atoms with E-state index in [1.165, 1.54) is 0 Å². The monoisotopic (exact) mass is 360 g/mol. The number of carbonyl (C=O) groups excluding carboxylic acids is 2. The molecule has 0 heterocycles. The standard InChI is InChI=1S/C24H24O3/c1-4-23(27-18-19-11-7-5-8-12-19)24(2,3)17-21(25)15-16-22(26)20-13-9-6-10-14-20/h4-14,23H,1,17-18H2,2-3H3/t23-/m0/s1. The van der Waals surface area contributed by atoms with Crippen LogP contribution in [0.5, 0.6) is 0 Å².